The number of hydrogen-bond acceptors (Lipinski definition) is 2. The van der Waals surface area contributed by atoms with Gasteiger partial charge in [-0.05, 0) is 43.0 Å². The number of guanidine groups is 1. The second-order valence-corrected chi connectivity index (χ2v) is 6.38. The summed E-state index contributed by atoms with van der Waals surface area (Å²) < 4.78 is 0. The molecule has 1 amide bonds. The largest absolute Gasteiger partial charge is 0.354 e. The van der Waals surface area contributed by atoms with Crippen molar-refractivity contribution in [3.05, 3.63) is 65.7 Å². The Morgan fingerprint density at radius 2 is 1.78 bits per heavy atom. The fourth-order valence-electron chi connectivity index (χ4n) is 2.68. The van der Waals surface area contributed by atoms with E-state index in [-0.39, 0.29) is 29.9 Å². The van der Waals surface area contributed by atoms with E-state index >= 15 is 0 Å². The molecule has 1 atom stereocenters. The van der Waals surface area contributed by atoms with Gasteiger partial charge >= 0.3 is 0 Å². The highest BCUT2D eigenvalue weighted by atomic mass is 127. The number of benzene rings is 2. The number of rotatable bonds is 7. The van der Waals surface area contributed by atoms with Crippen LogP contribution in [-0.4, -0.2) is 25.0 Å². The molecule has 1 unspecified atom stereocenters. The predicted octanol–water partition coefficient (Wildman–Crippen LogP) is 3.95. The van der Waals surface area contributed by atoms with Gasteiger partial charge in [0.1, 0.15) is 0 Å². The minimum atomic E-state index is -0.0696. The maximum absolute atomic E-state index is 11.2. The highest BCUT2D eigenvalue weighted by molar-refractivity contribution is 14.0. The Bertz CT molecular complexity index is 734. The molecule has 0 spiro atoms. The average molecular weight is 480 g/mol. The van der Waals surface area contributed by atoms with E-state index in [2.05, 4.69) is 52.1 Å². The van der Waals surface area contributed by atoms with E-state index in [0.29, 0.717) is 12.6 Å². The predicted molar refractivity (Wildman–Crippen MR) is 124 cm³/mol. The molecular weight excluding hydrogens is 451 g/mol. The van der Waals surface area contributed by atoms with Crippen molar-refractivity contribution in [2.24, 2.45) is 4.99 Å². The number of hydrogen-bond donors (Lipinski definition) is 3. The first kappa shape index (κ1) is 23.0. The Labute approximate surface area is 179 Å². The lowest BCUT2D eigenvalue weighted by atomic mass is 10.1. The molecule has 0 heterocycles. The van der Waals surface area contributed by atoms with Crippen LogP contribution < -0.4 is 16.0 Å². The van der Waals surface area contributed by atoms with Gasteiger partial charge < -0.3 is 16.0 Å². The molecule has 0 aromatic heterocycles. The van der Waals surface area contributed by atoms with Crippen molar-refractivity contribution in [3.63, 3.8) is 0 Å². The molecule has 0 radical (unpaired) electrons. The Balaban J connectivity index is 0.00000364. The molecular formula is C21H29IN4O. The van der Waals surface area contributed by atoms with Gasteiger partial charge in [0, 0.05) is 32.2 Å². The smallest absolute Gasteiger partial charge is 0.221 e. The van der Waals surface area contributed by atoms with Crippen LogP contribution in [0.5, 0.6) is 0 Å². The van der Waals surface area contributed by atoms with Crippen LogP contribution >= 0.6 is 24.0 Å². The molecule has 0 aliphatic rings. The van der Waals surface area contributed by atoms with Gasteiger partial charge in [0.2, 0.25) is 5.91 Å². The molecule has 146 valence electrons. The Hall–Kier alpha value is -2.09. The van der Waals surface area contributed by atoms with Crippen LogP contribution in [0, 0.1) is 0 Å². The quantitative estimate of drug-likeness (QED) is 0.320. The van der Waals surface area contributed by atoms with Crippen LogP contribution in [0.25, 0.3) is 0 Å². The normalized spacial score (nSPS) is 11.9. The van der Waals surface area contributed by atoms with Crippen LogP contribution in [0.15, 0.2) is 59.6 Å². The zero-order valence-electron chi connectivity index (χ0n) is 16.2. The molecule has 0 bridgehead atoms. The van der Waals surface area contributed by atoms with Crippen LogP contribution in [0.2, 0.25) is 0 Å². The zero-order chi connectivity index (χ0) is 18.8. The van der Waals surface area contributed by atoms with E-state index < -0.39 is 0 Å². The van der Waals surface area contributed by atoms with Crippen molar-refractivity contribution in [2.75, 3.05) is 12.4 Å². The van der Waals surface area contributed by atoms with Gasteiger partial charge in [-0.15, -0.1) is 24.0 Å². The number of halogens is 1. The maximum Gasteiger partial charge on any atom is 0.221 e. The fraction of sp³-hybridized carbons (Fsp3) is 0.333. The number of carbonyl (C=O) groups is 1. The van der Waals surface area contributed by atoms with Crippen molar-refractivity contribution in [1.82, 2.24) is 10.6 Å². The first-order valence-electron chi connectivity index (χ1n) is 8.94. The number of nitrogens with zero attached hydrogens (tertiary/aromatic N) is 1. The molecule has 3 N–H and O–H groups in total. The molecule has 2 rings (SSSR count). The number of amides is 1. The van der Waals surface area contributed by atoms with Crippen molar-refractivity contribution in [3.8, 4) is 0 Å². The van der Waals surface area contributed by atoms with E-state index in [0.717, 1.165) is 30.1 Å². The van der Waals surface area contributed by atoms with E-state index in [9.17, 15) is 4.79 Å². The third-order valence-electron chi connectivity index (χ3n) is 4.02. The minimum Gasteiger partial charge on any atom is -0.354 e. The zero-order valence-corrected chi connectivity index (χ0v) is 18.5. The summed E-state index contributed by atoms with van der Waals surface area (Å²) in [7, 11) is 1.77. The summed E-state index contributed by atoms with van der Waals surface area (Å²) in [4.78, 5) is 15.5. The van der Waals surface area contributed by atoms with Crippen molar-refractivity contribution in [1.29, 1.82) is 0 Å². The number of carbonyl (C=O) groups excluding carboxylic acids is 1. The first-order valence-corrected chi connectivity index (χ1v) is 8.94. The van der Waals surface area contributed by atoms with E-state index in [4.69, 9.17) is 0 Å². The summed E-state index contributed by atoms with van der Waals surface area (Å²) in [5.74, 6) is 0.704. The second-order valence-electron chi connectivity index (χ2n) is 6.38. The number of aryl methyl sites for hydroxylation is 1. The lowest BCUT2D eigenvalue weighted by Crippen LogP contribution is -2.42. The third-order valence-corrected chi connectivity index (χ3v) is 4.02. The van der Waals surface area contributed by atoms with Crippen LogP contribution in [-0.2, 0) is 17.8 Å². The maximum atomic E-state index is 11.2. The van der Waals surface area contributed by atoms with Crippen LogP contribution in [0.1, 0.15) is 31.4 Å². The SMILES string of the molecule is CN=C(NCc1cccc(NC(C)=O)c1)NC(C)CCc1ccccc1.I. The molecule has 0 saturated heterocycles. The van der Waals surface area contributed by atoms with Crippen molar-refractivity contribution >= 4 is 41.5 Å². The number of aliphatic imine (C=N–C) groups is 1. The summed E-state index contributed by atoms with van der Waals surface area (Å²) in [6.07, 6.45) is 2.06. The molecule has 2 aromatic rings. The summed E-state index contributed by atoms with van der Waals surface area (Å²) in [5, 5.41) is 9.54. The summed E-state index contributed by atoms with van der Waals surface area (Å²) in [6.45, 7) is 4.30. The topological polar surface area (TPSA) is 65.5 Å². The molecule has 0 saturated carbocycles. The minimum absolute atomic E-state index is 0. The second kappa shape index (κ2) is 12.3. The average Bonchev–Trinajstić information content (AvgIpc) is 2.64. The van der Waals surface area contributed by atoms with E-state index in [1.165, 1.54) is 12.5 Å². The van der Waals surface area contributed by atoms with E-state index in [1.54, 1.807) is 7.05 Å². The van der Waals surface area contributed by atoms with Crippen molar-refractivity contribution < 1.29 is 4.79 Å². The highest BCUT2D eigenvalue weighted by Gasteiger charge is 2.06. The van der Waals surface area contributed by atoms with Crippen LogP contribution in [0.3, 0.4) is 0 Å². The van der Waals surface area contributed by atoms with Crippen molar-refractivity contribution in [2.45, 2.75) is 39.3 Å². The summed E-state index contributed by atoms with van der Waals surface area (Å²) in [6, 6.07) is 18.6. The number of nitrogens with one attached hydrogen (secondary N) is 3. The van der Waals surface area contributed by atoms with Gasteiger partial charge in [-0.2, -0.15) is 0 Å². The monoisotopic (exact) mass is 480 g/mol. The standard InChI is InChI=1S/C21H28N4O.HI/c1-16(12-13-18-8-5-4-6-9-18)24-21(22-3)23-15-19-10-7-11-20(14-19)25-17(2)26;/h4-11,14,16H,12-13,15H2,1-3H3,(H,25,26)(H2,22,23,24);1H. The first-order chi connectivity index (χ1) is 12.6. The molecule has 0 aliphatic carbocycles. The third kappa shape index (κ3) is 8.90. The molecule has 0 fully saturated rings. The lowest BCUT2D eigenvalue weighted by Gasteiger charge is -2.18. The van der Waals surface area contributed by atoms with Gasteiger partial charge in [0.05, 0.1) is 0 Å². The Kier molecular flexibility index (Phi) is 10.5. The van der Waals surface area contributed by atoms with Gasteiger partial charge in [-0.1, -0.05) is 42.5 Å². The van der Waals surface area contributed by atoms with Gasteiger partial charge in [-0.25, -0.2) is 0 Å². The number of anilines is 1. The highest BCUT2D eigenvalue weighted by Crippen LogP contribution is 2.10. The van der Waals surface area contributed by atoms with Gasteiger partial charge in [0.15, 0.2) is 5.96 Å². The molecule has 0 aliphatic heterocycles. The van der Waals surface area contributed by atoms with E-state index in [1.807, 2.05) is 30.3 Å². The molecule has 6 heteroatoms. The fourth-order valence-corrected chi connectivity index (χ4v) is 2.68. The van der Waals surface area contributed by atoms with Gasteiger partial charge in [-0.3, -0.25) is 9.79 Å². The van der Waals surface area contributed by atoms with Crippen LogP contribution in [0.4, 0.5) is 5.69 Å². The molecule has 27 heavy (non-hydrogen) atoms. The molecule has 5 nitrogen and oxygen atoms in total. The summed E-state index contributed by atoms with van der Waals surface area (Å²) >= 11 is 0. The lowest BCUT2D eigenvalue weighted by molar-refractivity contribution is -0.114. The molecule has 2 aromatic carbocycles. The van der Waals surface area contributed by atoms with Gasteiger partial charge in [0.25, 0.3) is 0 Å². The summed E-state index contributed by atoms with van der Waals surface area (Å²) in [5.41, 5.74) is 3.23. The Morgan fingerprint density at radius 1 is 1.07 bits per heavy atom. The Morgan fingerprint density at radius 3 is 2.44 bits per heavy atom.